The summed E-state index contributed by atoms with van der Waals surface area (Å²) in [5.74, 6) is 0. The Morgan fingerprint density at radius 3 is 1.92 bits per heavy atom. The average Bonchev–Trinajstić information content (AvgIpc) is 3.73. The maximum Gasteiger partial charge on any atom is 0.143 e. The van der Waals surface area contributed by atoms with Crippen molar-refractivity contribution in [3.63, 3.8) is 0 Å². The zero-order chi connectivity index (χ0) is 45.7. The van der Waals surface area contributed by atoms with Gasteiger partial charge in [-0.2, -0.15) is 0 Å². The second-order valence-electron chi connectivity index (χ2n) is 12.3. The van der Waals surface area contributed by atoms with Crippen molar-refractivity contribution in [2.45, 2.75) is 0 Å². The Labute approximate surface area is 320 Å². The average molecular weight is 677 g/mol. The van der Waals surface area contributed by atoms with E-state index in [2.05, 4.69) is 0 Å². The minimum atomic E-state index is -0.641. The fourth-order valence-corrected chi connectivity index (χ4v) is 6.78. The standard InChI is InChI=1S/C50H33NO/c1-2-10-34(11-3-1)35-20-22-36(23-21-35)37-24-29-41(30-25-37)51(42-31-26-40(27-32-42)44-17-8-14-38-12-4-6-15-43(38)44)47-18-9-19-48-49(47)46-33-28-39-13-5-7-16-45(39)50(46)52-48/h1-33H/i5D,7D,9D,13D,16D,18D,19D,24D,25D,28D,29D,30D,33D. The lowest BCUT2D eigenvalue weighted by Crippen LogP contribution is -2.10. The molecule has 0 saturated heterocycles. The monoisotopic (exact) mass is 676 g/mol. The van der Waals surface area contributed by atoms with Crippen LogP contribution in [0.4, 0.5) is 17.1 Å². The lowest BCUT2D eigenvalue weighted by atomic mass is 9.97. The first-order chi connectivity index (χ1) is 31.2. The number of anilines is 3. The van der Waals surface area contributed by atoms with Crippen molar-refractivity contribution in [1.29, 1.82) is 0 Å². The van der Waals surface area contributed by atoms with E-state index in [4.69, 9.17) is 14.0 Å². The van der Waals surface area contributed by atoms with E-state index in [0.29, 0.717) is 5.56 Å². The number of rotatable bonds is 6. The molecule has 0 amide bonds. The zero-order valence-electron chi connectivity index (χ0n) is 40.4. The lowest BCUT2D eigenvalue weighted by molar-refractivity contribution is 0.672. The number of fused-ring (bicyclic) bond motifs is 6. The number of furan rings is 1. The summed E-state index contributed by atoms with van der Waals surface area (Å²) in [5.41, 5.74) is 3.01. The molecule has 0 spiro atoms. The van der Waals surface area contributed by atoms with Crippen LogP contribution in [0.15, 0.2) is 204 Å². The van der Waals surface area contributed by atoms with Crippen LogP contribution in [0.1, 0.15) is 17.8 Å². The molecule has 244 valence electrons. The molecule has 0 unspecified atom stereocenters. The van der Waals surface area contributed by atoms with Crippen molar-refractivity contribution >= 4 is 60.5 Å². The van der Waals surface area contributed by atoms with E-state index in [1.807, 2.05) is 84.9 Å². The van der Waals surface area contributed by atoms with Crippen LogP contribution in [-0.4, -0.2) is 0 Å². The van der Waals surface area contributed by atoms with Gasteiger partial charge in [-0.05, 0) is 91.9 Å². The predicted molar refractivity (Wildman–Crippen MR) is 220 cm³/mol. The number of hydrogen-bond donors (Lipinski definition) is 0. The summed E-state index contributed by atoms with van der Waals surface area (Å²) in [6.07, 6.45) is 0. The first kappa shape index (κ1) is 19.5. The van der Waals surface area contributed by atoms with Crippen LogP contribution < -0.4 is 4.90 Å². The van der Waals surface area contributed by atoms with E-state index in [1.165, 1.54) is 4.90 Å². The third-order valence-corrected chi connectivity index (χ3v) is 9.29. The van der Waals surface area contributed by atoms with Gasteiger partial charge in [-0.15, -0.1) is 0 Å². The van der Waals surface area contributed by atoms with Crippen LogP contribution in [0.25, 0.3) is 76.9 Å². The highest BCUT2D eigenvalue weighted by molar-refractivity contribution is 6.19. The summed E-state index contributed by atoms with van der Waals surface area (Å²) in [6, 6.07) is 30.4. The van der Waals surface area contributed by atoms with Crippen molar-refractivity contribution in [2.24, 2.45) is 0 Å². The molecular weight excluding hydrogens is 631 g/mol. The SMILES string of the molecule is [2H]c1c([2H])c(N(c2ccc(-c3cccc4ccccc34)cc2)c2c([2H])c([2H])c([2H])c3oc4c5c([2H])c([2H])c([2H])c([2H])c5c([2H])c([2H])c4c23)c([2H])c([2H])c1-c1ccc(-c2ccccc2)cc1. The van der Waals surface area contributed by atoms with E-state index < -0.39 is 78.6 Å². The highest BCUT2D eigenvalue weighted by Crippen LogP contribution is 2.45. The van der Waals surface area contributed by atoms with E-state index in [9.17, 15) is 8.22 Å². The molecule has 1 aromatic heterocycles. The smallest absolute Gasteiger partial charge is 0.143 e. The van der Waals surface area contributed by atoms with Crippen LogP contribution in [0.3, 0.4) is 0 Å². The Kier molecular flexibility index (Phi) is 4.67. The molecule has 52 heavy (non-hydrogen) atoms. The van der Waals surface area contributed by atoms with Crippen LogP contribution in [0, 0.1) is 0 Å². The Morgan fingerprint density at radius 1 is 0.404 bits per heavy atom. The Balaban J connectivity index is 1.29. The summed E-state index contributed by atoms with van der Waals surface area (Å²) < 4.78 is 125. The quantitative estimate of drug-likeness (QED) is 0.174. The molecule has 10 aromatic rings. The highest BCUT2D eigenvalue weighted by atomic mass is 16.3. The number of nitrogens with zero attached hydrogens (tertiary/aromatic N) is 1. The lowest BCUT2D eigenvalue weighted by Gasteiger charge is -2.26. The second kappa shape index (κ2) is 12.5. The molecule has 0 N–H and O–H groups in total. The molecule has 0 aliphatic heterocycles. The van der Waals surface area contributed by atoms with Gasteiger partial charge < -0.3 is 9.32 Å². The minimum Gasteiger partial charge on any atom is -0.455 e. The molecule has 0 fully saturated rings. The van der Waals surface area contributed by atoms with Gasteiger partial charge in [0.1, 0.15) is 11.2 Å². The molecule has 0 aliphatic carbocycles. The first-order valence-corrected chi connectivity index (χ1v) is 16.7. The van der Waals surface area contributed by atoms with Crippen LogP contribution in [0.2, 0.25) is 0 Å². The van der Waals surface area contributed by atoms with Gasteiger partial charge in [0, 0.05) is 22.1 Å². The third-order valence-electron chi connectivity index (χ3n) is 9.29. The van der Waals surface area contributed by atoms with Gasteiger partial charge in [0.2, 0.25) is 0 Å². The summed E-state index contributed by atoms with van der Waals surface area (Å²) in [6.45, 7) is 0. The molecular formula is C50H33NO. The van der Waals surface area contributed by atoms with Crippen LogP contribution in [-0.2, 0) is 0 Å². The largest absolute Gasteiger partial charge is 0.455 e. The minimum absolute atomic E-state index is 0.0233. The summed E-state index contributed by atoms with van der Waals surface area (Å²) >= 11 is 0. The van der Waals surface area contributed by atoms with Gasteiger partial charge in [0.25, 0.3) is 0 Å². The molecule has 9 aromatic carbocycles. The molecule has 10 rings (SSSR count). The summed E-state index contributed by atoms with van der Waals surface area (Å²) in [5, 5.41) is 1.13. The van der Waals surface area contributed by atoms with Gasteiger partial charge in [-0.1, -0.05) is 158 Å². The predicted octanol–water partition coefficient (Wildman–Crippen LogP) is 14.4. The van der Waals surface area contributed by atoms with E-state index in [0.717, 1.165) is 33.0 Å². The van der Waals surface area contributed by atoms with E-state index >= 15 is 0 Å². The highest BCUT2D eigenvalue weighted by Gasteiger charge is 2.20. The van der Waals surface area contributed by atoms with Crippen LogP contribution in [0.5, 0.6) is 0 Å². The van der Waals surface area contributed by atoms with Crippen molar-refractivity contribution in [3.8, 4) is 33.4 Å². The normalized spacial score (nSPS) is 15.0. The van der Waals surface area contributed by atoms with Crippen molar-refractivity contribution in [1.82, 2.24) is 0 Å². The second-order valence-corrected chi connectivity index (χ2v) is 12.3. The molecule has 0 atom stereocenters. The molecule has 0 bridgehead atoms. The Morgan fingerprint density at radius 2 is 1.10 bits per heavy atom. The zero-order valence-corrected chi connectivity index (χ0v) is 27.4. The topological polar surface area (TPSA) is 16.4 Å². The Hall–Kier alpha value is -6.90. The Bertz CT molecular complexity index is 3590. The fraction of sp³-hybridized carbons (Fsp3) is 0. The molecule has 2 nitrogen and oxygen atoms in total. The van der Waals surface area contributed by atoms with E-state index in [1.54, 1.807) is 36.4 Å². The molecule has 0 aliphatic rings. The van der Waals surface area contributed by atoms with Gasteiger partial charge in [-0.25, -0.2) is 0 Å². The van der Waals surface area contributed by atoms with Gasteiger partial charge in [0.05, 0.1) is 28.9 Å². The number of hydrogen-bond acceptors (Lipinski definition) is 2. The molecule has 1 heterocycles. The van der Waals surface area contributed by atoms with E-state index in [-0.39, 0.29) is 55.3 Å². The molecule has 2 heteroatoms. The van der Waals surface area contributed by atoms with Gasteiger partial charge in [0.15, 0.2) is 0 Å². The van der Waals surface area contributed by atoms with Gasteiger partial charge >= 0.3 is 0 Å². The van der Waals surface area contributed by atoms with Crippen molar-refractivity contribution in [3.05, 3.63) is 200 Å². The molecule has 0 radical (unpaired) electrons. The molecule has 0 saturated carbocycles. The maximum absolute atomic E-state index is 9.62. The van der Waals surface area contributed by atoms with Gasteiger partial charge in [-0.3, -0.25) is 0 Å². The van der Waals surface area contributed by atoms with Crippen molar-refractivity contribution < 1.29 is 22.2 Å². The van der Waals surface area contributed by atoms with Crippen molar-refractivity contribution in [2.75, 3.05) is 4.90 Å². The number of benzene rings is 9. The maximum atomic E-state index is 9.62. The third kappa shape index (κ3) is 5.12. The van der Waals surface area contributed by atoms with Crippen LogP contribution >= 0.6 is 0 Å². The summed E-state index contributed by atoms with van der Waals surface area (Å²) in [4.78, 5) is 1.29. The fourth-order valence-electron chi connectivity index (χ4n) is 6.78. The first-order valence-electron chi connectivity index (χ1n) is 23.2. The summed E-state index contributed by atoms with van der Waals surface area (Å²) in [7, 11) is 0.